The van der Waals surface area contributed by atoms with E-state index in [-0.39, 0.29) is 18.9 Å². The number of aromatic nitrogens is 3. The molecular formula is C22H17FN4O5. The van der Waals surface area contributed by atoms with Gasteiger partial charge in [-0.05, 0) is 24.3 Å². The number of benzene rings is 1. The van der Waals surface area contributed by atoms with Crippen LogP contribution in [0.2, 0.25) is 0 Å². The molecule has 32 heavy (non-hydrogen) atoms. The highest BCUT2D eigenvalue weighted by Gasteiger charge is 2.25. The summed E-state index contributed by atoms with van der Waals surface area (Å²) in [6, 6.07) is 9.32. The van der Waals surface area contributed by atoms with Crippen molar-refractivity contribution in [1.82, 2.24) is 19.7 Å². The number of nitrogens with zero attached hydrogens (tertiary/aromatic N) is 4. The van der Waals surface area contributed by atoms with Gasteiger partial charge in [-0.15, -0.1) is 0 Å². The number of pyridine rings is 1. The summed E-state index contributed by atoms with van der Waals surface area (Å²) in [5.41, 5.74) is 2.04. The molecule has 10 heteroatoms. The number of halogens is 1. The molecule has 0 atom stereocenters. The second-order valence-corrected chi connectivity index (χ2v) is 7.34. The molecule has 9 nitrogen and oxygen atoms in total. The highest BCUT2D eigenvalue weighted by molar-refractivity contribution is 5.85. The van der Waals surface area contributed by atoms with Gasteiger partial charge in [0.15, 0.2) is 0 Å². The molecule has 0 spiro atoms. The fourth-order valence-electron chi connectivity index (χ4n) is 3.68. The lowest BCUT2D eigenvalue weighted by molar-refractivity contribution is 0.138. The zero-order valence-electron chi connectivity index (χ0n) is 16.7. The van der Waals surface area contributed by atoms with Crippen LogP contribution in [0.15, 0.2) is 58.0 Å². The number of ether oxygens (including phenoxy) is 1. The first-order valence-electron chi connectivity index (χ1n) is 9.83. The Morgan fingerprint density at radius 3 is 2.84 bits per heavy atom. The van der Waals surface area contributed by atoms with E-state index in [1.54, 1.807) is 18.2 Å². The molecular weight excluding hydrogens is 419 g/mol. The molecule has 1 N–H and O–H groups in total. The van der Waals surface area contributed by atoms with Crippen molar-refractivity contribution in [2.75, 3.05) is 6.54 Å². The minimum Gasteiger partial charge on any atom is -0.485 e. The standard InChI is InChI=1S/C22H17FN4O5/c23-13-1-2-14(24-9-13)12-31-16-8-21(28)27(25-10-16)15-3-4-17-18-11-26(22(29)30)6-5-19(18)32-20(17)7-15/h1-4,7-10H,5-6,11-12H2,(H,29,30). The minimum atomic E-state index is -0.963. The van der Waals surface area contributed by atoms with Crippen LogP contribution in [0, 0.1) is 5.82 Å². The van der Waals surface area contributed by atoms with E-state index in [9.17, 15) is 19.1 Å². The Labute approximate surface area is 180 Å². The average molecular weight is 436 g/mol. The van der Waals surface area contributed by atoms with Gasteiger partial charge in [0.25, 0.3) is 5.56 Å². The smallest absolute Gasteiger partial charge is 0.407 e. The number of amides is 1. The number of hydrogen-bond acceptors (Lipinski definition) is 6. The first-order chi connectivity index (χ1) is 15.5. The lowest BCUT2D eigenvalue weighted by Crippen LogP contribution is -2.34. The van der Waals surface area contributed by atoms with Crippen molar-refractivity contribution < 1.29 is 23.4 Å². The predicted octanol–water partition coefficient (Wildman–Crippen LogP) is 3.13. The Hall–Kier alpha value is -4.21. The molecule has 5 rings (SSSR count). The first kappa shape index (κ1) is 19.7. The zero-order chi connectivity index (χ0) is 22.2. The van der Waals surface area contributed by atoms with Gasteiger partial charge in [-0.1, -0.05) is 0 Å². The summed E-state index contributed by atoms with van der Waals surface area (Å²) >= 11 is 0. The quantitative estimate of drug-likeness (QED) is 0.523. The maximum Gasteiger partial charge on any atom is 0.407 e. The molecule has 3 aromatic heterocycles. The van der Waals surface area contributed by atoms with Crippen molar-refractivity contribution in [2.45, 2.75) is 19.6 Å². The van der Waals surface area contributed by atoms with Crippen molar-refractivity contribution in [3.63, 3.8) is 0 Å². The Balaban J connectivity index is 1.38. The van der Waals surface area contributed by atoms with Crippen molar-refractivity contribution >= 4 is 17.1 Å². The molecule has 0 saturated heterocycles. The fourth-order valence-corrected chi connectivity index (χ4v) is 3.68. The maximum atomic E-state index is 12.9. The van der Waals surface area contributed by atoms with E-state index in [2.05, 4.69) is 10.1 Å². The molecule has 1 amide bonds. The molecule has 0 bridgehead atoms. The number of furan rings is 1. The third-order valence-corrected chi connectivity index (χ3v) is 5.28. The second-order valence-electron chi connectivity index (χ2n) is 7.34. The van der Waals surface area contributed by atoms with Crippen LogP contribution in [0.5, 0.6) is 5.75 Å². The monoisotopic (exact) mass is 436 g/mol. The third-order valence-electron chi connectivity index (χ3n) is 5.28. The van der Waals surface area contributed by atoms with E-state index in [4.69, 9.17) is 9.15 Å². The summed E-state index contributed by atoms with van der Waals surface area (Å²) in [5.74, 6) is 0.584. The summed E-state index contributed by atoms with van der Waals surface area (Å²) in [7, 11) is 0. The van der Waals surface area contributed by atoms with Crippen molar-refractivity contribution in [3.8, 4) is 11.4 Å². The van der Waals surface area contributed by atoms with Crippen LogP contribution in [0.25, 0.3) is 16.7 Å². The zero-order valence-corrected chi connectivity index (χ0v) is 16.7. The van der Waals surface area contributed by atoms with Gasteiger partial charge in [-0.3, -0.25) is 9.78 Å². The maximum absolute atomic E-state index is 12.9. The normalized spacial score (nSPS) is 13.2. The predicted molar refractivity (Wildman–Crippen MR) is 110 cm³/mol. The van der Waals surface area contributed by atoms with E-state index < -0.39 is 17.5 Å². The second kappa shape index (κ2) is 7.80. The third kappa shape index (κ3) is 3.66. The molecule has 162 valence electrons. The van der Waals surface area contributed by atoms with E-state index >= 15 is 0 Å². The summed E-state index contributed by atoms with van der Waals surface area (Å²) in [5, 5.41) is 14.2. The molecule has 1 aliphatic heterocycles. The van der Waals surface area contributed by atoms with Gasteiger partial charge in [0.1, 0.15) is 29.5 Å². The first-order valence-corrected chi connectivity index (χ1v) is 9.83. The van der Waals surface area contributed by atoms with Gasteiger partial charge in [-0.25, -0.2) is 9.18 Å². The summed E-state index contributed by atoms with van der Waals surface area (Å²) < 4.78 is 25.6. The highest BCUT2D eigenvalue weighted by atomic mass is 19.1. The topological polar surface area (TPSA) is 111 Å². The SMILES string of the molecule is O=C(O)N1CCc2oc3cc(-n4ncc(OCc5ccc(F)cn5)cc4=O)ccc3c2C1. The van der Waals surface area contributed by atoms with Gasteiger partial charge < -0.3 is 19.2 Å². The van der Waals surface area contributed by atoms with Gasteiger partial charge in [-0.2, -0.15) is 9.78 Å². The molecule has 1 aromatic carbocycles. The number of hydrogen-bond donors (Lipinski definition) is 1. The molecule has 0 unspecified atom stereocenters. The van der Waals surface area contributed by atoms with Crippen molar-refractivity contribution in [1.29, 1.82) is 0 Å². The van der Waals surface area contributed by atoms with Crippen molar-refractivity contribution in [2.24, 2.45) is 0 Å². The number of fused-ring (bicyclic) bond motifs is 3. The van der Waals surface area contributed by atoms with E-state index in [0.29, 0.717) is 29.9 Å². The molecule has 4 heterocycles. The highest BCUT2D eigenvalue weighted by Crippen LogP contribution is 2.31. The van der Waals surface area contributed by atoms with Gasteiger partial charge in [0, 0.05) is 36.0 Å². The molecule has 4 aromatic rings. The lowest BCUT2D eigenvalue weighted by Gasteiger charge is -2.23. The van der Waals surface area contributed by atoms with Crippen LogP contribution in [0.1, 0.15) is 17.0 Å². The van der Waals surface area contributed by atoms with Crippen LogP contribution in [-0.2, 0) is 19.6 Å². The van der Waals surface area contributed by atoms with Gasteiger partial charge >= 0.3 is 6.09 Å². The Kier molecular flexibility index (Phi) is 4.81. The lowest BCUT2D eigenvalue weighted by atomic mass is 10.0. The Morgan fingerprint density at radius 2 is 2.09 bits per heavy atom. The van der Waals surface area contributed by atoms with Crippen LogP contribution in [0.4, 0.5) is 9.18 Å². The summed E-state index contributed by atoms with van der Waals surface area (Å²) in [6.07, 6.45) is 2.04. The molecule has 0 aliphatic carbocycles. The minimum absolute atomic E-state index is 0.0721. The van der Waals surface area contributed by atoms with Crippen LogP contribution >= 0.6 is 0 Å². The van der Waals surface area contributed by atoms with Crippen LogP contribution in [0.3, 0.4) is 0 Å². The van der Waals surface area contributed by atoms with E-state index in [1.165, 1.54) is 34.0 Å². The Morgan fingerprint density at radius 1 is 1.22 bits per heavy atom. The van der Waals surface area contributed by atoms with Crippen LogP contribution in [-0.4, -0.2) is 37.4 Å². The average Bonchev–Trinajstić information content (AvgIpc) is 3.15. The molecule has 0 fully saturated rings. The van der Waals surface area contributed by atoms with E-state index in [1.807, 2.05) is 0 Å². The molecule has 0 saturated carbocycles. The fraction of sp³-hybridized carbons (Fsp3) is 0.182. The Bertz CT molecular complexity index is 1380. The van der Waals surface area contributed by atoms with Gasteiger partial charge in [0.05, 0.1) is 30.3 Å². The molecule has 1 aliphatic rings. The number of rotatable bonds is 4. The summed E-state index contributed by atoms with van der Waals surface area (Å²) in [4.78, 5) is 29.1. The van der Waals surface area contributed by atoms with Crippen molar-refractivity contribution in [3.05, 3.63) is 82.0 Å². The number of carbonyl (C=O) groups is 1. The largest absolute Gasteiger partial charge is 0.485 e. The number of carboxylic acid groups (broad SMARTS) is 1. The van der Waals surface area contributed by atoms with E-state index in [0.717, 1.165) is 22.9 Å². The van der Waals surface area contributed by atoms with Crippen LogP contribution < -0.4 is 10.3 Å². The molecule has 0 radical (unpaired) electrons. The van der Waals surface area contributed by atoms with Gasteiger partial charge in [0.2, 0.25) is 0 Å². The summed E-state index contributed by atoms with van der Waals surface area (Å²) in [6.45, 7) is 0.720.